The third kappa shape index (κ3) is 3.84. The number of carboxylic acid groups (broad SMARTS) is 1. The van der Waals surface area contributed by atoms with Crippen LogP contribution in [0.15, 0.2) is 24.3 Å². The lowest BCUT2D eigenvalue weighted by Crippen LogP contribution is -2.36. The largest absolute Gasteiger partial charge is 0.481 e. The van der Waals surface area contributed by atoms with Gasteiger partial charge in [-0.3, -0.25) is 9.59 Å². The van der Waals surface area contributed by atoms with E-state index in [0.717, 1.165) is 18.4 Å². The SMILES string of the molecule is Cc1ccccc1CN(C)C(=O)C1CCCC(C(=O)O)C1. The average molecular weight is 289 g/mol. The van der Waals surface area contributed by atoms with E-state index in [1.54, 1.807) is 11.9 Å². The summed E-state index contributed by atoms with van der Waals surface area (Å²) in [6, 6.07) is 8.02. The van der Waals surface area contributed by atoms with Crippen LogP contribution in [0.2, 0.25) is 0 Å². The van der Waals surface area contributed by atoms with E-state index < -0.39 is 5.97 Å². The van der Waals surface area contributed by atoms with Gasteiger partial charge >= 0.3 is 5.97 Å². The Balaban J connectivity index is 1.99. The van der Waals surface area contributed by atoms with Crippen LogP contribution in [0.5, 0.6) is 0 Å². The predicted octanol–water partition coefficient (Wildman–Crippen LogP) is 2.84. The second kappa shape index (κ2) is 6.74. The number of aryl methyl sites for hydroxylation is 1. The van der Waals surface area contributed by atoms with Gasteiger partial charge in [-0.2, -0.15) is 0 Å². The third-order valence-electron chi connectivity index (χ3n) is 4.42. The molecule has 1 saturated carbocycles. The van der Waals surface area contributed by atoms with Crippen molar-refractivity contribution in [3.63, 3.8) is 0 Å². The Morgan fingerprint density at radius 2 is 1.90 bits per heavy atom. The van der Waals surface area contributed by atoms with Gasteiger partial charge in [-0.05, 0) is 37.3 Å². The maximum atomic E-state index is 12.5. The van der Waals surface area contributed by atoms with Gasteiger partial charge in [0.2, 0.25) is 5.91 Å². The van der Waals surface area contributed by atoms with Crippen molar-refractivity contribution in [2.45, 2.75) is 39.2 Å². The summed E-state index contributed by atoms with van der Waals surface area (Å²) in [6.45, 7) is 2.62. The van der Waals surface area contributed by atoms with E-state index in [0.29, 0.717) is 19.4 Å². The lowest BCUT2D eigenvalue weighted by Gasteiger charge is -2.29. The lowest BCUT2D eigenvalue weighted by molar-refractivity contribution is -0.145. The minimum atomic E-state index is -0.769. The number of hydrogen-bond donors (Lipinski definition) is 1. The fourth-order valence-corrected chi connectivity index (χ4v) is 3.07. The quantitative estimate of drug-likeness (QED) is 0.927. The van der Waals surface area contributed by atoms with Crippen LogP contribution in [0.1, 0.15) is 36.8 Å². The number of hydrogen-bond acceptors (Lipinski definition) is 2. The van der Waals surface area contributed by atoms with Crippen molar-refractivity contribution in [1.82, 2.24) is 4.90 Å². The molecule has 1 aromatic carbocycles. The van der Waals surface area contributed by atoms with Gasteiger partial charge in [0.1, 0.15) is 0 Å². The van der Waals surface area contributed by atoms with Crippen LogP contribution in [0.4, 0.5) is 0 Å². The first-order valence-electron chi connectivity index (χ1n) is 7.51. The van der Waals surface area contributed by atoms with E-state index in [1.165, 1.54) is 5.56 Å². The zero-order valence-electron chi connectivity index (χ0n) is 12.7. The topological polar surface area (TPSA) is 57.6 Å². The maximum Gasteiger partial charge on any atom is 0.306 e. The minimum absolute atomic E-state index is 0.0733. The highest BCUT2D eigenvalue weighted by atomic mass is 16.4. The predicted molar refractivity (Wildman–Crippen MR) is 80.7 cm³/mol. The van der Waals surface area contributed by atoms with Gasteiger partial charge in [0, 0.05) is 19.5 Å². The van der Waals surface area contributed by atoms with Gasteiger partial charge in [-0.15, -0.1) is 0 Å². The first kappa shape index (κ1) is 15.5. The van der Waals surface area contributed by atoms with Crippen LogP contribution in [0.25, 0.3) is 0 Å². The summed E-state index contributed by atoms with van der Waals surface area (Å²) < 4.78 is 0. The molecular weight excluding hydrogens is 266 g/mol. The highest BCUT2D eigenvalue weighted by Crippen LogP contribution is 2.30. The van der Waals surface area contributed by atoms with Crippen molar-refractivity contribution in [2.75, 3.05) is 7.05 Å². The van der Waals surface area contributed by atoms with Crippen molar-refractivity contribution in [1.29, 1.82) is 0 Å². The van der Waals surface area contributed by atoms with Gasteiger partial charge < -0.3 is 10.0 Å². The van der Waals surface area contributed by atoms with Gasteiger partial charge in [-0.1, -0.05) is 30.7 Å². The number of carboxylic acids is 1. The standard InChI is InChI=1S/C17H23NO3/c1-12-6-3-4-7-15(12)11-18(2)16(19)13-8-5-9-14(10-13)17(20)21/h3-4,6-7,13-14H,5,8-11H2,1-2H3,(H,20,21). The zero-order valence-corrected chi connectivity index (χ0v) is 12.7. The van der Waals surface area contributed by atoms with Crippen LogP contribution in [0.3, 0.4) is 0 Å². The molecule has 0 aromatic heterocycles. The van der Waals surface area contributed by atoms with Gasteiger partial charge in [0.15, 0.2) is 0 Å². The van der Waals surface area contributed by atoms with Crippen LogP contribution >= 0.6 is 0 Å². The molecule has 1 aromatic rings. The van der Waals surface area contributed by atoms with Crippen molar-refractivity contribution < 1.29 is 14.7 Å². The van der Waals surface area contributed by atoms with E-state index in [4.69, 9.17) is 5.11 Å². The molecule has 1 aliphatic carbocycles. The van der Waals surface area contributed by atoms with Crippen LogP contribution < -0.4 is 0 Å². The number of amides is 1. The summed E-state index contributed by atoms with van der Waals surface area (Å²) in [5, 5.41) is 9.12. The molecule has 0 radical (unpaired) electrons. The molecule has 0 bridgehead atoms. The van der Waals surface area contributed by atoms with E-state index >= 15 is 0 Å². The summed E-state index contributed by atoms with van der Waals surface area (Å²) >= 11 is 0. The van der Waals surface area contributed by atoms with E-state index in [-0.39, 0.29) is 17.7 Å². The Bertz CT molecular complexity index is 527. The smallest absolute Gasteiger partial charge is 0.306 e. The molecule has 1 amide bonds. The molecule has 4 nitrogen and oxygen atoms in total. The summed E-state index contributed by atoms with van der Waals surface area (Å²) in [4.78, 5) is 25.4. The highest BCUT2D eigenvalue weighted by molar-refractivity contribution is 5.80. The number of carbonyl (C=O) groups is 2. The summed E-state index contributed by atoms with van der Waals surface area (Å²) in [5.41, 5.74) is 2.31. The van der Waals surface area contributed by atoms with Gasteiger partial charge in [0.25, 0.3) is 0 Å². The minimum Gasteiger partial charge on any atom is -0.481 e. The zero-order chi connectivity index (χ0) is 15.4. The van der Waals surface area contributed by atoms with Gasteiger partial charge in [0.05, 0.1) is 5.92 Å². The first-order chi connectivity index (χ1) is 9.99. The van der Waals surface area contributed by atoms with Crippen LogP contribution in [0, 0.1) is 18.8 Å². The molecule has 1 aliphatic rings. The second-order valence-electron chi connectivity index (χ2n) is 6.02. The normalized spacial score (nSPS) is 21.8. The van der Waals surface area contributed by atoms with Gasteiger partial charge in [-0.25, -0.2) is 0 Å². The summed E-state index contributed by atoms with van der Waals surface area (Å²) in [6.07, 6.45) is 2.80. The molecule has 2 unspecified atom stereocenters. The monoisotopic (exact) mass is 289 g/mol. The molecule has 2 atom stereocenters. The Morgan fingerprint density at radius 3 is 2.57 bits per heavy atom. The number of benzene rings is 1. The molecule has 1 N–H and O–H groups in total. The van der Waals surface area contributed by atoms with Crippen molar-refractivity contribution in [3.05, 3.63) is 35.4 Å². The molecule has 114 valence electrons. The van der Waals surface area contributed by atoms with Crippen molar-refractivity contribution in [3.8, 4) is 0 Å². The van der Waals surface area contributed by atoms with Crippen molar-refractivity contribution in [2.24, 2.45) is 11.8 Å². The molecule has 2 rings (SSSR count). The molecular formula is C17H23NO3. The molecule has 21 heavy (non-hydrogen) atoms. The van der Waals surface area contributed by atoms with E-state index in [2.05, 4.69) is 0 Å². The highest BCUT2D eigenvalue weighted by Gasteiger charge is 2.32. The summed E-state index contributed by atoms with van der Waals surface area (Å²) in [5.74, 6) is -1.20. The molecule has 4 heteroatoms. The molecule has 1 fully saturated rings. The van der Waals surface area contributed by atoms with Crippen molar-refractivity contribution >= 4 is 11.9 Å². The Morgan fingerprint density at radius 1 is 1.24 bits per heavy atom. The molecule has 0 aliphatic heterocycles. The van der Waals surface area contributed by atoms with Crippen LogP contribution in [-0.4, -0.2) is 28.9 Å². The second-order valence-corrected chi connectivity index (χ2v) is 6.02. The maximum absolute atomic E-state index is 12.5. The number of aliphatic carboxylic acids is 1. The Labute approximate surface area is 125 Å². The van der Waals surface area contributed by atoms with E-state index in [1.807, 2.05) is 31.2 Å². The third-order valence-corrected chi connectivity index (χ3v) is 4.42. The fourth-order valence-electron chi connectivity index (χ4n) is 3.07. The Hall–Kier alpha value is -1.84. The number of rotatable bonds is 4. The van der Waals surface area contributed by atoms with Crippen LogP contribution in [-0.2, 0) is 16.1 Å². The molecule has 0 saturated heterocycles. The molecule has 0 spiro atoms. The first-order valence-corrected chi connectivity index (χ1v) is 7.51. The lowest BCUT2D eigenvalue weighted by atomic mass is 9.81. The molecule has 0 heterocycles. The Kier molecular flexibility index (Phi) is 4.99. The number of carbonyl (C=O) groups excluding carboxylic acids is 1. The fraction of sp³-hybridized carbons (Fsp3) is 0.529. The number of nitrogens with zero attached hydrogens (tertiary/aromatic N) is 1. The average Bonchev–Trinajstić information content (AvgIpc) is 2.49. The van der Waals surface area contributed by atoms with E-state index in [9.17, 15) is 9.59 Å². The summed E-state index contributed by atoms with van der Waals surface area (Å²) in [7, 11) is 1.80.